The van der Waals surface area contributed by atoms with Gasteiger partial charge in [0.2, 0.25) is 5.89 Å². The molecule has 0 aliphatic rings. The van der Waals surface area contributed by atoms with Crippen LogP contribution in [0.5, 0.6) is 5.75 Å². The number of benzene rings is 3. The van der Waals surface area contributed by atoms with Crippen molar-refractivity contribution in [1.82, 2.24) is 4.98 Å². The first kappa shape index (κ1) is 21.9. The summed E-state index contributed by atoms with van der Waals surface area (Å²) in [6.07, 6.45) is 0. The molecule has 4 rings (SSSR count). The molecule has 0 unspecified atom stereocenters. The Morgan fingerprint density at radius 1 is 1.06 bits per heavy atom. The highest BCUT2D eigenvalue weighted by Crippen LogP contribution is 2.31. The summed E-state index contributed by atoms with van der Waals surface area (Å²) in [5, 5.41) is 3.22. The van der Waals surface area contributed by atoms with E-state index >= 15 is 0 Å². The Kier molecular flexibility index (Phi) is 5.94. The standard InChI is InChI=1S/C26H25ClN2O3/c1-16-5-12-23-22(13-16)29-25(32-23)17-6-11-20(27)21(14-17)28-24(30)15-31-19-9-7-18(8-10-19)26(2,3)4/h5-14H,15H2,1-4H3,(H,28,30). The molecular weight excluding hydrogens is 424 g/mol. The third-order valence-corrected chi connectivity index (χ3v) is 5.45. The summed E-state index contributed by atoms with van der Waals surface area (Å²) in [4.78, 5) is 17.0. The first-order valence-corrected chi connectivity index (χ1v) is 10.8. The molecule has 1 amide bonds. The van der Waals surface area contributed by atoms with Crippen molar-refractivity contribution in [3.63, 3.8) is 0 Å². The highest BCUT2D eigenvalue weighted by Gasteiger charge is 2.15. The lowest BCUT2D eigenvalue weighted by Gasteiger charge is -2.19. The fraction of sp³-hybridized carbons (Fsp3) is 0.231. The van der Waals surface area contributed by atoms with Crippen molar-refractivity contribution in [3.8, 4) is 17.2 Å². The summed E-state index contributed by atoms with van der Waals surface area (Å²) in [6.45, 7) is 8.32. The molecule has 1 heterocycles. The summed E-state index contributed by atoms with van der Waals surface area (Å²) in [5.41, 5.74) is 5.05. The van der Waals surface area contributed by atoms with Crippen molar-refractivity contribution in [2.45, 2.75) is 33.1 Å². The van der Waals surface area contributed by atoms with Crippen molar-refractivity contribution < 1.29 is 13.9 Å². The van der Waals surface area contributed by atoms with Crippen LogP contribution in [0.4, 0.5) is 5.69 Å². The maximum atomic E-state index is 12.5. The van der Waals surface area contributed by atoms with E-state index in [0.29, 0.717) is 27.9 Å². The second-order valence-corrected chi connectivity index (χ2v) is 9.20. The van der Waals surface area contributed by atoms with Crippen LogP contribution in [0.15, 0.2) is 65.1 Å². The largest absolute Gasteiger partial charge is 0.484 e. The SMILES string of the molecule is Cc1ccc2oc(-c3ccc(Cl)c(NC(=O)COc4ccc(C(C)(C)C)cc4)c3)nc2c1. The van der Waals surface area contributed by atoms with Gasteiger partial charge in [0.25, 0.3) is 5.91 Å². The average Bonchev–Trinajstić information content (AvgIpc) is 3.16. The minimum absolute atomic E-state index is 0.0607. The van der Waals surface area contributed by atoms with E-state index in [1.54, 1.807) is 12.1 Å². The molecule has 32 heavy (non-hydrogen) atoms. The predicted molar refractivity (Wildman–Crippen MR) is 128 cm³/mol. The predicted octanol–water partition coefficient (Wildman–Crippen LogP) is 6.77. The molecule has 0 saturated heterocycles. The Morgan fingerprint density at radius 2 is 1.81 bits per heavy atom. The van der Waals surface area contributed by atoms with Gasteiger partial charge in [0.1, 0.15) is 11.3 Å². The minimum Gasteiger partial charge on any atom is -0.484 e. The quantitative estimate of drug-likeness (QED) is 0.365. The molecule has 0 spiro atoms. The molecule has 1 N–H and O–H groups in total. The molecule has 0 saturated carbocycles. The molecule has 0 aliphatic heterocycles. The van der Waals surface area contributed by atoms with Crippen LogP contribution >= 0.6 is 11.6 Å². The number of amides is 1. The molecule has 0 bridgehead atoms. The summed E-state index contributed by atoms with van der Waals surface area (Å²) in [6, 6.07) is 18.9. The maximum Gasteiger partial charge on any atom is 0.262 e. The number of anilines is 1. The smallest absolute Gasteiger partial charge is 0.262 e. The fourth-order valence-electron chi connectivity index (χ4n) is 3.30. The lowest BCUT2D eigenvalue weighted by atomic mass is 9.87. The molecule has 0 aliphatic carbocycles. The summed E-state index contributed by atoms with van der Waals surface area (Å²) >= 11 is 6.30. The van der Waals surface area contributed by atoms with Gasteiger partial charge >= 0.3 is 0 Å². The van der Waals surface area contributed by atoms with Gasteiger partial charge in [0.05, 0.1) is 10.7 Å². The Hall–Kier alpha value is -3.31. The van der Waals surface area contributed by atoms with Crippen LogP contribution in [0.2, 0.25) is 5.02 Å². The van der Waals surface area contributed by atoms with E-state index in [0.717, 1.165) is 16.6 Å². The molecule has 164 valence electrons. The van der Waals surface area contributed by atoms with E-state index in [2.05, 4.69) is 31.1 Å². The highest BCUT2D eigenvalue weighted by atomic mass is 35.5. The van der Waals surface area contributed by atoms with Crippen LogP contribution in [0.3, 0.4) is 0 Å². The lowest BCUT2D eigenvalue weighted by molar-refractivity contribution is -0.118. The van der Waals surface area contributed by atoms with Crippen LogP contribution in [0.1, 0.15) is 31.9 Å². The number of halogens is 1. The van der Waals surface area contributed by atoms with Crippen LogP contribution in [0.25, 0.3) is 22.6 Å². The number of fused-ring (bicyclic) bond motifs is 1. The van der Waals surface area contributed by atoms with Gasteiger partial charge in [-0.25, -0.2) is 4.98 Å². The number of ether oxygens (including phenoxy) is 1. The summed E-state index contributed by atoms with van der Waals surface area (Å²) < 4.78 is 11.5. The fourth-order valence-corrected chi connectivity index (χ4v) is 3.47. The number of rotatable bonds is 5. The van der Waals surface area contributed by atoms with Gasteiger partial charge < -0.3 is 14.5 Å². The number of hydrogen-bond acceptors (Lipinski definition) is 4. The second kappa shape index (κ2) is 8.67. The van der Waals surface area contributed by atoms with E-state index in [4.69, 9.17) is 20.8 Å². The van der Waals surface area contributed by atoms with Crippen molar-refractivity contribution in [2.75, 3.05) is 11.9 Å². The van der Waals surface area contributed by atoms with Crippen molar-refractivity contribution in [3.05, 3.63) is 76.8 Å². The highest BCUT2D eigenvalue weighted by molar-refractivity contribution is 6.33. The lowest BCUT2D eigenvalue weighted by Crippen LogP contribution is -2.20. The Bertz CT molecular complexity index is 1270. The van der Waals surface area contributed by atoms with E-state index < -0.39 is 0 Å². The van der Waals surface area contributed by atoms with Crippen LogP contribution in [0, 0.1) is 6.92 Å². The zero-order valence-electron chi connectivity index (χ0n) is 18.5. The summed E-state index contributed by atoms with van der Waals surface area (Å²) in [5.74, 6) is 0.792. The zero-order valence-corrected chi connectivity index (χ0v) is 19.3. The molecule has 0 atom stereocenters. The number of aryl methyl sites for hydroxylation is 1. The summed E-state index contributed by atoms with van der Waals surface area (Å²) in [7, 11) is 0. The third-order valence-electron chi connectivity index (χ3n) is 5.12. The van der Waals surface area contributed by atoms with Crippen LogP contribution in [-0.2, 0) is 10.2 Å². The van der Waals surface area contributed by atoms with E-state index in [1.165, 1.54) is 5.56 Å². The number of carbonyl (C=O) groups excluding carboxylic acids is 1. The number of aromatic nitrogens is 1. The number of nitrogens with zero attached hydrogens (tertiary/aromatic N) is 1. The van der Waals surface area contributed by atoms with Crippen molar-refractivity contribution >= 4 is 34.3 Å². The van der Waals surface area contributed by atoms with Gasteiger partial charge in [-0.3, -0.25) is 4.79 Å². The van der Waals surface area contributed by atoms with Crippen LogP contribution < -0.4 is 10.1 Å². The minimum atomic E-state index is -0.308. The number of carbonyl (C=O) groups is 1. The van der Waals surface area contributed by atoms with Gasteiger partial charge in [-0.1, -0.05) is 50.6 Å². The number of oxazole rings is 1. The average molecular weight is 449 g/mol. The van der Waals surface area contributed by atoms with Crippen LogP contribution in [-0.4, -0.2) is 17.5 Å². The Labute approximate surface area is 192 Å². The Morgan fingerprint density at radius 3 is 2.53 bits per heavy atom. The molecule has 5 nitrogen and oxygen atoms in total. The molecular formula is C26H25ClN2O3. The van der Waals surface area contributed by atoms with Gasteiger partial charge in [0.15, 0.2) is 12.2 Å². The van der Waals surface area contributed by atoms with Crippen molar-refractivity contribution in [2.24, 2.45) is 0 Å². The molecule has 0 radical (unpaired) electrons. The number of nitrogens with one attached hydrogen (secondary N) is 1. The van der Waals surface area contributed by atoms with Gasteiger partial charge in [-0.05, 0) is 65.9 Å². The molecule has 0 fully saturated rings. The van der Waals surface area contributed by atoms with Gasteiger partial charge in [0, 0.05) is 5.56 Å². The second-order valence-electron chi connectivity index (χ2n) is 8.80. The van der Waals surface area contributed by atoms with E-state index in [9.17, 15) is 4.79 Å². The molecule has 1 aromatic heterocycles. The number of hydrogen-bond donors (Lipinski definition) is 1. The van der Waals surface area contributed by atoms with Gasteiger partial charge in [-0.15, -0.1) is 0 Å². The third kappa shape index (κ3) is 4.94. The van der Waals surface area contributed by atoms with Crippen molar-refractivity contribution in [1.29, 1.82) is 0 Å². The molecule has 4 aromatic rings. The molecule has 3 aromatic carbocycles. The van der Waals surface area contributed by atoms with E-state index in [-0.39, 0.29) is 17.9 Å². The normalized spacial score (nSPS) is 11.5. The van der Waals surface area contributed by atoms with Gasteiger partial charge in [-0.2, -0.15) is 0 Å². The maximum absolute atomic E-state index is 12.5. The topological polar surface area (TPSA) is 64.4 Å². The monoisotopic (exact) mass is 448 g/mol. The van der Waals surface area contributed by atoms with E-state index in [1.807, 2.05) is 55.5 Å². The first-order valence-electron chi connectivity index (χ1n) is 10.4. The molecule has 6 heteroatoms. The Balaban J connectivity index is 1.45. The zero-order chi connectivity index (χ0) is 22.9. The first-order chi connectivity index (χ1) is 15.2.